The number of aromatic nitrogens is 2. The molecule has 0 saturated carbocycles. The monoisotopic (exact) mass is 395 g/mol. The second-order valence-corrected chi connectivity index (χ2v) is 8.92. The summed E-state index contributed by atoms with van der Waals surface area (Å²) in [5.41, 5.74) is 0.880. The summed E-state index contributed by atoms with van der Waals surface area (Å²) in [6.07, 6.45) is 0.644. The highest BCUT2D eigenvalue weighted by Crippen LogP contribution is 2.32. The average Bonchev–Trinajstić information content (AvgIpc) is 3.33. The molecule has 1 aliphatic rings. The number of halogens is 1. The van der Waals surface area contributed by atoms with E-state index in [-0.39, 0.29) is 10.8 Å². The highest BCUT2D eigenvalue weighted by molar-refractivity contribution is 7.89. The summed E-state index contributed by atoms with van der Waals surface area (Å²) in [7, 11) is -3.58. The number of hydrogen-bond donors (Lipinski definition) is 0. The van der Waals surface area contributed by atoms with Crippen LogP contribution in [0, 0.1) is 0 Å². The first-order valence-electron chi connectivity index (χ1n) is 7.66. The molecule has 0 amide bonds. The average molecular weight is 396 g/mol. The number of hydrogen-bond acceptors (Lipinski definition) is 6. The Hall–Kier alpha value is -1.74. The Morgan fingerprint density at radius 3 is 2.92 bits per heavy atom. The van der Waals surface area contributed by atoms with Gasteiger partial charge >= 0.3 is 0 Å². The molecule has 0 radical (unpaired) electrons. The van der Waals surface area contributed by atoms with E-state index in [9.17, 15) is 8.42 Å². The second-order valence-electron chi connectivity index (χ2n) is 5.76. The van der Waals surface area contributed by atoms with Crippen molar-refractivity contribution in [1.82, 2.24) is 14.5 Å². The molecule has 0 bridgehead atoms. The van der Waals surface area contributed by atoms with Gasteiger partial charge in [0.15, 0.2) is 0 Å². The van der Waals surface area contributed by atoms with Gasteiger partial charge in [-0.05, 0) is 36.1 Å². The Kier molecular flexibility index (Phi) is 4.36. The zero-order chi connectivity index (χ0) is 17.4. The summed E-state index contributed by atoms with van der Waals surface area (Å²) in [4.78, 5) is 0.199. The van der Waals surface area contributed by atoms with E-state index in [4.69, 9.17) is 16.0 Å². The minimum atomic E-state index is -3.58. The summed E-state index contributed by atoms with van der Waals surface area (Å²) in [5.74, 6) is 0.839. The fourth-order valence-corrected chi connectivity index (χ4v) is 5.26. The molecule has 4 rings (SSSR count). The number of rotatable bonds is 4. The second kappa shape index (κ2) is 6.53. The zero-order valence-electron chi connectivity index (χ0n) is 13.0. The first kappa shape index (κ1) is 16.7. The topological polar surface area (TPSA) is 76.3 Å². The standard InChI is InChI=1S/C16H14ClN3O3S2/c17-13-2-1-3-14(8-13)25(21,22)20-6-4-11(9-20)15-18-19-16(23-15)12-5-7-24-10-12/h1-3,5,7-8,10-11H,4,6,9H2/t11-/m1/s1. The van der Waals surface area contributed by atoms with E-state index in [0.717, 1.165) is 5.56 Å². The zero-order valence-corrected chi connectivity index (χ0v) is 15.4. The lowest BCUT2D eigenvalue weighted by molar-refractivity contribution is 0.440. The molecule has 6 nitrogen and oxygen atoms in total. The van der Waals surface area contributed by atoms with E-state index in [1.54, 1.807) is 29.5 Å². The van der Waals surface area contributed by atoms with E-state index in [2.05, 4.69) is 10.2 Å². The molecule has 0 N–H and O–H groups in total. The molecule has 25 heavy (non-hydrogen) atoms. The van der Waals surface area contributed by atoms with Gasteiger partial charge in [0.05, 0.1) is 10.8 Å². The maximum Gasteiger partial charge on any atom is 0.248 e. The van der Waals surface area contributed by atoms with Crippen LogP contribution in [0.1, 0.15) is 18.2 Å². The van der Waals surface area contributed by atoms with Gasteiger partial charge in [-0.1, -0.05) is 17.7 Å². The largest absolute Gasteiger partial charge is 0.420 e. The van der Waals surface area contributed by atoms with Crippen LogP contribution in [0.15, 0.2) is 50.4 Å². The SMILES string of the molecule is O=S(=O)(c1cccc(Cl)c1)N1CC[C@@H](c2nnc(-c3ccsc3)o2)C1. The maximum absolute atomic E-state index is 12.8. The van der Waals surface area contributed by atoms with E-state index < -0.39 is 10.0 Å². The molecule has 3 heterocycles. The summed E-state index contributed by atoms with van der Waals surface area (Å²) < 4.78 is 32.7. The van der Waals surface area contributed by atoms with Gasteiger partial charge < -0.3 is 4.42 Å². The van der Waals surface area contributed by atoms with Crippen molar-refractivity contribution in [3.8, 4) is 11.5 Å². The van der Waals surface area contributed by atoms with Crippen LogP contribution in [0.4, 0.5) is 0 Å². The van der Waals surface area contributed by atoms with E-state index >= 15 is 0 Å². The third-order valence-electron chi connectivity index (χ3n) is 4.14. The Balaban J connectivity index is 1.53. The molecule has 0 aliphatic carbocycles. The fraction of sp³-hybridized carbons (Fsp3) is 0.250. The van der Waals surface area contributed by atoms with Crippen molar-refractivity contribution in [2.45, 2.75) is 17.2 Å². The molecule has 3 aromatic rings. The molecule has 1 saturated heterocycles. The molecule has 0 unspecified atom stereocenters. The number of nitrogens with zero attached hydrogens (tertiary/aromatic N) is 3. The van der Waals surface area contributed by atoms with Crippen molar-refractivity contribution in [1.29, 1.82) is 0 Å². The minimum absolute atomic E-state index is 0.103. The molecule has 1 atom stereocenters. The Morgan fingerprint density at radius 2 is 2.16 bits per heavy atom. The molecule has 1 aliphatic heterocycles. The van der Waals surface area contributed by atoms with Gasteiger partial charge in [-0.25, -0.2) is 8.42 Å². The van der Waals surface area contributed by atoms with Crippen LogP contribution in [0.5, 0.6) is 0 Å². The Morgan fingerprint density at radius 1 is 1.28 bits per heavy atom. The third-order valence-corrected chi connectivity index (χ3v) is 6.92. The van der Waals surface area contributed by atoms with Crippen molar-refractivity contribution in [3.05, 3.63) is 52.0 Å². The predicted molar refractivity (Wildman–Crippen MR) is 95.2 cm³/mol. The molecule has 130 valence electrons. The van der Waals surface area contributed by atoms with E-state index in [1.807, 2.05) is 16.8 Å². The van der Waals surface area contributed by atoms with Gasteiger partial charge in [0, 0.05) is 29.1 Å². The minimum Gasteiger partial charge on any atom is -0.420 e. The van der Waals surface area contributed by atoms with Gasteiger partial charge in [-0.3, -0.25) is 0 Å². The van der Waals surface area contributed by atoms with Gasteiger partial charge in [-0.2, -0.15) is 15.6 Å². The highest BCUT2D eigenvalue weighted by Gasteiger charge is 2.35. The number of sulfonamides is 1. The van der Waals surface area contributed by atoms with Crippen molar-refractivity contribution in [2.24, 2.45) is 0 Å². The first-order valence-corrected chi connectivity index (χ1v) is 10.4. The van der Waals surface area contributed by atoms with Gasteiger partial charge in [0.2, 0.25) is 21.8 Å². The lowest BCUT2D eigenvalue weighted by Crippen LogP contribution is -2.28. The third kappa shape index (κ3) is 3.22. The van der Waals surface area contributed by atoms with Crippen molar-refractivity contribution in [2.75, 3.05) is 13.1 Å². The first-order chi connectivity index (χ1) is 12.0. The van der Waals surface area contributed by atoms with Crippen LogP contribution in [-0.2, 0) is 10.0 Å². The highest BCUT2D eigenvalue weighted by atomic mass is 35.5. The van der Waals surface area contributed by atoms with Crippen LogP contribution in [0.25, 0.3) is 11.5 Å². The molecule has 9 heteroatoms. The molecule has 0 spiro atoms. The van der Waals surface area contributed by atoms with E-state index in [0.29, 0.717) is 36.3 Å². The number of thiophene rings is 1. The molecule has 1 aromatic carbocycles. The van der Waals surface area contributed by atoms with Gasteiger partial charge in [-0.15, -0.1) is 10.2 Å². The van der Waals surface area contributed by atoms with Crippen LogP contribution in [-0.4, -0.2) is 36.0 Å². The molecular weight excluding hydrogens is 382 g/mol. The van der Waals surface area contributed by atoms with Crippen LogP contribution in [0.2, 0.25) is 5.02 Å². The normalized spacial score (nSPS) is 18.7. The lowest BCUT2D eigenvalue weighted by atomic mass is 10.1. The van der Waals surface area contributed by atoms with Crippen molar-refractivity contribution < 1.29 is 12.8 Å². The fourth-order valence-electron chi connectivity index (χ4n) is 2.83. The van der Waals surface area contributed by atoms with Crippen LogP contribution in [0.3, 0.4) is 0 Å². The lowest BCUT2D eigenvalue weighted by Gasteiger charge is -2.16. The van der Waals surface area contributed by atoms with Crippen molar-refractivity contribution in [3.63, 3.8) is 0 Å². The molecule has 1 fully saturated rings. The molecule has 2 aromatic heterocycles. The number of benzene rings is 1. The van der Waals surface area contributed by atoms with Gasteiger partial charge in [0.25, 0.3) is 0 Å². The summed E-state index contributed by atoms with van der Waals surface area (Å²) in [5, 5.41) is 12.4. The van der Waals surface area contributed by atoms with Gasteiger partial charge in [0.1, 0.15) is 0 Å². The maximum atomic E-state index is 12.8. The Bertz CT molecular complexity index is 986. The summed E-state index contributed by atoms with van der Waals surface area (Å²) >= 11 is 7.47. The van der Waals surface area contributed by atoms with Crippen molar-refractivity contribution >= 4 is 33.0 Å². The molecular formula is C16H14ClN3O3S2. The van der Waals surface area contributed by atoms with E-state index in [1.165, 1.54) is 10.4 Å². The van der Waals surface area contributed by atoms with Crippen LogP contribution >= 0.6 is 22.9 Å². The quantitative estimate of drug-likeness (QED) is 0.674. The van der Waals surface area contributed by atoms with Crippen LogP contribution < -0.4 is 0 Å². The Labute approximate surface area is 154 Å². The predicted octanol–water partition coefficient (Wildman–Crippen LogP) is 3.63. The smallest absolute Gasteiger partial charge is 0.248 e. The summed E-state index contributed by atoms with van der Waals surface area (Å²) in [6.45, 7) is 0.732. The summed E-state index contributed by atoms with van der Waals surface area (Å²) in [6, 6.07) is 8.21.